The molecule has 3 amide bonds. The van der Waals surface area contributed by atoms with Crippen LogP contribution >= 0.6 is 0 Å². The van der Waals surface area contributed by atoms with Gasteiger partial charge in [0, 0.05) is 25.3 Å². The summed E-state index contributed by atoms with van der Waals surface area (Å²) >= 11 is 0. The van der Waals surface area contributed by atoms with E-state index in [0.29, 0.717) is 25.3 Å². The lowest BCUT2D eigenvalue weighted by atomic mass is 9.82. The number of carbonyl (C=O) groups excluding carboxylic acids is 2. The Morgan fingerprint density at radius 2 is 1.50 bits per heavy atom. The number of amides is 3. The van der Waals surface area contributed by atoms with Crippen molar-refractivity contribution in [1.82, 2.24) is 9.80 Å². The Bertz CT molecular complexity index is 1220. The maximum absolute atomic E-state index is 13.9. The molecule has 2 aliphatic heterocycles. The maximum atomic E-state index is 13.9. The summed E-state index contributed by atoms with van der Waals surface area (Å²) in [5.74, 6) is -0.116. The molecule has 0 spiro atoms. The van der Waals surface area contributed by atoms with Gasteiger partial charge in [-0.1, -0.05) is 60.7 Å². The van der Waals surface area contributed by atoms with E-state index in [-0.39, 0.29) is 29.6 Å². The van der Waals surface area contributed by atoms with E-state index in [0.717, 1.165) is 24.0 Å². The van der Waals surface area contributed by atoms with Gasteiger partial charge in [-0.2, -0.15) is 0 Å². The van der Waals surface area contributed by atoms with Gasteiger partial charge in [0.05, 0.1) is 0 Å². The molecule has 0 bridgehead atoms. The van der Waals surface area contributed by atoms with Crippen molar-refractivity contribution in [2.24, 2.45) is 16.6 Å². The van der Waals surface area contributed by atoms with E-state index in [4.69, 9.17) is 10.7 Å². The average Bonchev–Trinajstić information content (AvgIpc) is 3.17. The van der Waals surface area contributed by atoms with Crippen molar-refractivity contribution in [3.8, 4) is 0 Å². The second kappa shape index (κ2) is 9.81. The molecule has 0 radical (unpaired) electrons. The number of urea groups is 1. The van der Waals surface area contributed by atoms with E-state index in [1.54, 1.807) is 9.80 Å². The maximum Gasteiger partial charge on any atom is 0.321 e. The number of hydrogen-bond acceptors (Lipinski definition) is 4. The van der Waals surface area contributed by atoms with Crippen molar-refractivity contribution < 1.29 is 14.0 Å². The number of likely N-dealkylation sites (tertiary alicyclic amines) is 1. The van der Waals surface area contributed by atoms with E-state index in [1.165, 1.54) is 24.3 Å². The number of carbonyl (C=O) groups is 2. The number of nitrogens with zero attached hydrogens (tertiary/aromatic N) is 3. The van der Waals surface area contributed by atoms with Crippen LogP contribution in [0.3, 0.4) is 0 Å². The molecule has 8 heteroatoms. The molecular weight excluding hydrogens is 457 g/mol. The lowest BCUT2D eigenvalue weighted by Crippen LogP contribution is -2.48. The van der Waals surface area contributed by atoms with Gasteiger partial charge >= 0.3 is 6.03 Å². The molecule has 7 nitrogen and oxygen atoms in total. The van der Waals surface area contributed by atoms with E-state index in [2.05, 4.69) is 5.32 Å². The summed E-state index contributed by atoms with van der Waals surface area (Å²) in [6, 6.07) is 24.5. The number of aliphatic imine (C=N–C) groups is 1. The topological polar surface area (TPSA) is 91.0 Å². The van der Waals surface area contributed by atoms with Crippen molar-refractivity contribution in [2.75, 3.05) is 25.0 Å². The Morgan fingerprint density at radius 3 is 2.06 bits per heavy atom. The fourth-order valence-corrected chi connectivity index (χ4v) is 4.97. The number of nitrogens with two attached hydrogens (primary N) is 1. The summed E-state index contributed by atoms with van der Waals surface area (Å²) in [5, 5.41) is 2.80. The summed E-state index contributed by atoms with van der Waals surface area (Å²) in [5.41, 5.74) is 7.26. The molecule has 1 saturated heterocycles. The Kier molecular flexibility index (Phi) is 6.41. The Morgan fingerprint density at radius 1 is 0.944 bits per heavy atom. The van der Waals surface area contributed by atoms with E-state index >= 15 is 0 Å². The Labute approximate surface area is 209 Å². The van der Waals surface area contributed by atoms with Crippen LogP contribution in [0, 0.1) is 11.7 Å². The first kappa shape index (κ1) is 23.5. The zero-order valence-electron chi connectivity index (χ0n) is 19.8. The number of hydrogen-bond donors (Lipinski definition) is 2. The first-order valence-corrected chi connectivity index (χ1v) is 12.1. The number of rotatable bonds is 5. The van der Waals surface area contributed by atoms with Gasteiger partial charge in [0.25, 0.3) is 5.91 Å². The zero-order chi connectivity index (χ0) is 25.1. The molecule has 2 heterocycles. The van der Waals surface area contributed by atoms with Gasteiger partial charge in [0.15, 0.2) is 11.5 Å². The molecule has 0 unspecified atom stereocenters. The number of piperidine rings is 1. The summed E-state index contributed by atoms with van der Waals surface area (Å²) in [6.07, 6.45) is 1.47. The molecule has 0 aromatic heterocycles. The minimum absolute atomic E-state index is 0.158. The van der Waals surface area contributed by atoms with Crippen LogP contribution < -0.4 is 11.1 Å². The third-order valence-corrected chi connectivity index (χ3v) is 6.93. The highest BCUT2D eigenvalue weighted by Gasteiger charge is 2.50. The zero-order valence-corrected chi connectivity index (χ0v) is 19.8. The number of nitrogens with one attached hydrogen (secondary N) is 1. The highest BCUT2D eigenvalue weighted by atomic mass is 19.1. The highest BCUT2D eigenvalue weighted by molar-refractivity contribution is 6.09. The second-order valence-corrected chi connectivity index (χ2v) is 9.20. The van der Waals surface area contributed by atoms with Crippen LogP contribution in [0.15, 0.2) is 89.9 Å². The second-order valence-electron chi connectivity index (χ2n) is 9.20. The summed E-state index contributed by atoms with van der Waals surface area (Å²) < 4.78 is 13.1. The highest BCUT2D eigenvalue weighted by Crippen LogP contribution is 2.40. The van der Waals surface area contributed by atoms with Crippen LogP contribution in [0.1, 0.15) is 24.0 Å². The van der Waals surface area contributed by atoms with Crippen molar-refractivity contribution in [2.45, 2.75) is 18.4 Å². The van der Waals surface area contributed by atoms with E-state index in [9.17, 15) is 14.0 Å². The third kappa shape index (κ3) is 4.42. The van der Waals surface area contributed by atoms with Gasteiger partial charge in [-0.15, -0.1) is 0 Å². The van der Waals surface area contributed by atoms with Crippen LogP contribution in [-0.4, -0.2) is 47.3 Å². The fraction of sp³-hybridized carbons (Fsp3) is 0.250. The largest absolute Gasteiger partial charge is 0.369 e. The summed E-state index contributed by atoms with van der Waals surface area (Å²) in [4.78, 5) is 34.7. The molecule has 5 rings (SSSR count). The minimum atomic E-state index is -1.21. The van der Waals surface area contributed by atoms with Gasteiger partial charge in [0.1, 0.15) is 5.82 Å². The first-order valence-electron chi connectivity index (χ1n) is 12.1. The molecule has 0 atom stereocenters. The predicted octanol–water partition coefficient (Wildman–Crippen LogP) is 4.17. The standard InChI is InChI=1S/C28H28FN5O2/c29-23-11-13-24(14-12-23)31-27(36)33-17-15-20(16-18-33)19-34-25(35)28(32-26(34)30,21-7-3-1-4-8-21)22-9-5-2-6-10-22/h1-14,20H,15-19H2,(H2,30,32)(H,31,36). The van der Waals surface area contributed by atoms with Gasteiger partial charge in [-0.25, -0.2) is 14.2 Å². The van der Waals surface area contributed by atoms with Gasteiger partial charge in [0.2, 0.25) is 0 Å². The van der Waals surface area contributed by atoms with E-state index < -0.39 is 5.54 Å². The van der Waals surface area contributed by atoms with Crippen LogP contribution in [0.2, 0.25) is 0 Å². The SMILES string of the molecule is NC1=NC(c2ccccc2)(c2ccccc2)C(=O)N1CC1CCN(C(=O)Nc2ccc(F)cc2)CC1. The van der Waals surface area contributed by atoms with Crippen LogP contribution in [-0.2, 0) is 10.3 Å². The van der Waals surface area contributed by atoms with Gasteiger partial charge in [-0.05, 0) is 54.2 Å². The molecule has 184 valence electrons. The Hall–Kier alpha value is -4.20. The molecule has 3 aromatic carbocycles. The van der Waals surface area contributed by atoms with Crippen molar-refractivity contribution in [3.05, 3.63) is 102 Å². The molecule has 3 N–H and O–H groups in total. The number of anilines is 1. The fourth-order valence-electron chi connectivity index (χ4n) is 4.97. The molecule has 0 aliphatic carbocycles. The van der Waals surface area contributed by atoms with Crippen molar-refractivity contribution >= 4 is 23.6 Å². The number of benzene rings is 3. The summed E-state index contributed by atoms with van der Waals surface area (Å²) in [7, 11) is 0. The van der Waals surface area contributed by atoms with Crippen molar-refractivity contribution in [1.29, 1.82) is 0 Å². The lowest BCUT2D eigenvalue weighted by Gasteiger charge is -2.34. The Balaban J connectivity index is 1.27. The van der Waals surface area contributed by atoms with E-state index in [1.807, 2.05) is 60.7 Å². The normalized spacial score (nSPS) is 17.7. The molecule has 2 aliphatic rings. The van der Waals surface area contributed by atoms with Crippen molar-refractivity contribution in [3.63, 3.8) is 0 Å². The third-order valence-electron chi connectivity index (χ3n) is 6.93. The number of halogens is 1. The smallest absolute Gasteiger partial charge is 0.321 e. The predicted molar refractivity (Wildman–Crippen MR) is 137 cm³/mol. The minimum Gasteiger partial charge on any atom is -0.369 e. The molecule has 36 heavy (non-hydrogen) atoms. The average molecular weight is 486 g/mol. The molecule has 0 saturated carbocycles. The summed E-state index contributed by atoms with van der Waals surface area (Å²) in [6.45, 7) is 1.56. The lowest BCUT2D eigenvalue weighted by molar-refractivity contribution is -0.130. The molecule has 3 aromatic rings. The molecule has 1 fully saturated rings. The van der Waals surface area contributed by atoms with Crippen LogP contribution in [0.4, 0.5) is 14.9 Å². The van der Waals surface area contributed by atoms with Gasteiger partial charge < -0.3 is 16.0 Å². The van der Waals surface area contributed by atoms with Gasteiger partial charge in [-0.3, -0.25) is 9.69 Å². The number of guanidine groups is 1. The van der Waals surface area contributed by atoms with Crippen LogP contribution in [0.25, 0.3) is 0 Å². The quantitative estimate of drug-likeness (QED) is 0.568. The first-order chi connectivity index (χ1) is 17.5. The van der Waals surface area contributed by atoms with Crippen LogP contribution in [0.5, 0.6) is 0 Å². The monoisotopic (exact) mass is 485 g/mol. The molecular formula is C28H28FN5O2.